The summed E-state index contributed by atoms with van der Waals surface area (Å²) in [7, 11) is 1.60. The number of rotatable bonds is 6. The molecule has 0 aromatic heterocycles. The Kier molecular flexibility index (Phi) is 7.47. The van der Waals surface area contributed by atoms with Crippen LogP contribution in [0, 0.1) is 0 Å². The third kappa shape index (κ3) is 5.56. The maximum Gasteiger partial charge on any atom is 0.251 e. The molecule has 34 heavy (non-hydrogen) atoms. The number of nitrogens with one attached hydrogen (secondary N) is 2. The third-order valence-electron chi connectivity index (χ3n) is 6.62. The molecule has 2 fully saturated rings. The molecule has 2 aromatic carbocycles. The molecular weight excluding hydrogens is 430 g/mol. The fraction of sp³-hybridized carbons (Fsp3) is 0.423. The second-order valence-electron chi connectivity index (χ2n) is 8.96. The van der Waals surface area contributed by atoms with E-state index in [-0.39, 0.29) is 30.3 Å². The molecular formula is C26H33N5O3. The predicted molar refractivity (Wildman–Crippen MR) is 133 cm³/mol. The summed E-state index contributed by atoms with van der Waals surface area (Å²) in [6.45, 7) is 5.65. The number of carbonyl (C=O) groups is 3. The van der Waals surface area contributed by atoms with Gasteiger partial charge in [-0.25, -0.2) is 0 Å². The van der Waals surface area contributed by atoms with Gasteiger partial charge in [0.2, 0.25) is 11.8 Å². The van der Waals surface area contributed by atoms with Gasteiger partial charge in [-0.05, 0) is 54.8 Å². The van der Waals surface area contributed by atoms with Crippen LogP contribution in [0.2, 0.25) is 0 Å². The molecule has 2 aliphatic rings. The van der Waals surface area contributed by atoms with Crippen molar-refractivity contribution in [1.82, 2.24) is 15.1 Å². The molecule has 8 heteroatoms. The topological polar surface area (TPSA) is 85.0 Å². The zero-order valence-electron chi connectivity index (χ0n) is 19.9. The minimum absolute atomic E-state index is 0.0162. The van der Waals surface area contributed by atoms with E-state index in [0.717, 1.165) is 24.3 Å². The normalized spacial score (nSPS) is 18.6. The molecule has 2 N–H and O–H groups in total. The maximum atomic E-state index is 12.8. The smallest absolute Gasteiger partial charge is 0.251 e. The van der Waals surface area contributed by atoms with Crippen LogP contribution in [0.5, 0.6) is 0 Å². The molecule has 0 bridgehead atoms. The molecule has 2 heterocycles. The monoisotopic (exact) mass is 463 g/mol. The number of anilines is 2. The molecule has 2 aliphatic heterocycles. The van der Waals surface area contributed by atoms with E-state index in [9.17, 15) is 14.4 Å². The van der Waals surface area contributed by atoms with E-state index < -0.39 is 0 Å². The molecule has 8 nitrogen and oxygen atoms in total. The molecule has 3 amide bonds. The van der Waals surface area contributed by atoms with Gasteiger partial charge < -0.3 is 20.4 Å². The van der Waals surface area contributed by atoms with Crippen LogP contribution >= 0.6 is 0 Å². The molecule has 4 rings (SSSR count). The van der Waals surface area contributed by atoms with E-state index in [0.29, 0.717) is 25.2 Å². The molecule has 0 saturated carbocycles. The summed E-state index contributed by atoms with van der Waals surface area (Å²) in [4.78, 5) is 43.4. The van der Waals surface area contributed by atoms with Gasteiger partial charge in [-0.3, -0.25) is 19.3 Å². The summed E-state index contributed by atoms with van der Waals surface area (Å²) in [6, 6.07) is 15.1. The van der Waals surface area contributed by atoms with E-state index in [1.807, 2.05) is 35.2 Å². The Morgan fingerprint density at radius 2 is 1.71 bits per heavy atom. The minimum Gasteiger partial charge on any atom is -0.372 e. The lowest BCUT2D eigenvalue weighted by molar-refractivity contribution is -0.134. The fourth-order valence-electron chi connectivity index (χ4n) is 4.81. The standard InChI is InChI=1S/C26H33N5O3/c1-19(32)31-15-14-29(17-24(31)20-6-5-7-21(16-20)26(34)27-2)18-25(33)28-22-8-10-23(11-9-22)30-12-3-4-13-30/h5-11,16,24H,3-4,12-15,17-18H2,1-2H3,(H,27,34)(H,28,33)/t24-/m0/s1. The Labute approximate surface area is 200 Å². The highest BCUT2D eigenvalue weighted by Crippen LogP contribution is 2.27. The average Bonchev–Trinajstić information content (AvgIpc) is 3.39. The summed E-state index contributed by atoms with van der Waals surface area (Å²) in [5.74, 6) is -0.264. The van der Waals surface area contributed by atoms with Gasteiger partial charge in [-0.15, -0.1) is 0 Å². The Hall–Kier alpha value is -3.39. The van der Waals surface area contributed by atoms with Gasteiger partial charge >= 0.3 is 0 Å². The molecule has 1 atom stereocenters. The molecule has 0 spiro atoms. The van der Waals surface area contributed by atoms with Crippen LogP contribution in [0.4, 0.5) is 11.4 Å². The minimum atomic E-state index is -0.219. The Morgan fingerprint density at radius 3 is 2.38 bits per heavy atom. The third-order valence-corrected chi connectivity index (χ3v) is 6.62. The Morgan fingerprint density at radius 1 is 0.971 bits per heavy atom. The first-order chi connectivity index (χ1) is 16.4. The molecule has 2 saturated heterocycles. The van der Waals surface area contributed by atoms with Gasteiger partial charge in [0.05, 0.1) is 12.6 Å². The second-order valence-corrected chi connectivity index (χ2v) is 8.96. The zero-order valence-corrected chi connectivity index (χ0v) is 19.9. The van der Waals surface area contributed by atoms with Crippen molar-refractivity contribution in [3.05, 3.63) is 59.7 Å². The average molecular weight is 464 g/mol. The van der Waals surface area contributed by atoms with Crippen LogP contribution in [-0.4, -0.2) is 73.8 Å². The van der Waals surface area contributed by atoms with Gasteiger partial charge in [0.1, 0.15) is 0 Å². The highest BCUT2D eigenvalue weighted by Gasteiger charge is 2.31. The lowest BCUT2D eigenvalue weighted by Crippen LogP contribution is -2.51. The van der Waals surface area contributed by atoms with E-state index >= 15 is 0 Å². The summed E-state index contributed by atoms with van der Waals surface area (Å²) < 4.78 is 0. The number of carbonyl (C=O) groups excluding carboxylic acids is 3. The van der Waals surface area contributed by atoms with Crippen molar-refractivity contribution in [3.8, 4) is 0 Å². The maximum absolute atomic E-state index is 12.8. The highest BCUT2D eigenvalue weighted by atomic mass is 16.2. The SMILES string of the molecule is CNC(=O)c1cccc([C@@H]2CN(CC(=O)Nc3ccc(N4CCCC4)cc3)CCN2C(C)=O)c1. The number of hydrogen-bond donors (Lipinski definition) is 2. The second kappa shape index (κ2) is 10.7. The van der Waals surface area contributed by atoms with Gasteiger partial charge in [-0.2, -0.15) is 0 Å². The summed E-state index contributed by atoms with van der Waals surface area (Å²) in [5.41, 5.74) is 3.41. The molecule has 2 aromatic rings. The Balaban J connectivity index is 1.40. The van der Waals surface area contributed by atoms with Crippen molar-refractivity contribution in [2.24, 2.45) is 0 Å². The van der Waals surface area contributed by atoms with Crippen molar-refractivity contribution in [2.75, 3.05) is 56.5 Å². The predicted octanol–water partition coefficient (Wildman–Crippen LogP) is 2.49. The summed E-state index contributed by atoms with van der Waals surface area (Å²) in [5, 5.41) is 5.63. The number of piperazine rings is 1. The number of benzene rings is 2. The van der Waals surface area contributed by atoms with E-state index in [4.69, 9.17) is 0 Å². The first kappa shape index (κ1) is 23.8. The van der Waals surface area contributed by atoms with Crippen LogP contribution < -0.4 is 15.5 Å². The van der Waals surface area contributed by atoms with Crippen molar-refractivity contribution >= 4 is 29.1 Å². The first-order valence-electron chi connectivity index (χ1n) is 11.9. The molecule has 0 aliphatic carbocycles. The summed E-state index contributed by atoms with van der Waals surface area (Å²) >= 11 is 0. The molecule has 180 valence electrons. The van der Waals surface area contributed by atoms with Crippen LogP contribution in [-0.2, 0) is 9.59 Å². The van der Waals surface area contributed by atoms with Gasteiger partial charge in [0.25, 0.3) is 5.91 Å². The van der Waals surface area contributed by atoms with E-state index in [1.165, 1.54) is 18.5 Å². The van der Waals surface area contributed by atoms with Crippen LogP contribution in [0.25, 0.3) is 0 Å². The molecule has 0 unspecified atom stereocenters. The zero-order chi connectivity index (χ0) is 24.1. The van der Waals surface area contributed by atoms with Gasteiger partial charge in [-0.1, -0.05) is 12.1 Å². The first-order valence-corrected chi connectivity index (χ1v) is 11.9. The lowest BCUT2D eigenvalue weighted by atomic mass is 9.99. The van der Waals surface area contributed by atoms with Gasteiger partial charge in [0.15, 0.2) is 0 Å². The van der Waals surface area contributed by atoms with Crippen LogP contribution in [0.15, 0.2) is 48.5 Å². The highest BCUT2D eigenvalue weighted by molar-refractivity contribution is 5.94. The number of nitrogens with zero attached hydrogens (tertiary/aromatic N) is 3. The van der Waals surface area contributed by atoms with Crippen molar-refractivity contribution in [1.29, 1.82) is 0 Å². The van der Waals surface area contributed by atoms with Gasteiger partial charge in [0, 0.05) is 63.6 Å². The summed E-state index contributed by atoms with van der Waals surface area (Å²) in [6.07, 6.45) is 2.46. The van der Waals surface area contributed by atoms with Crippen molar-refractivity contribution < 1.29 is 14.4 Å². The van der Waals surface area contributed by atoms with Crippen LogP contribution in [0.1, 0.15) is 41.7 Å². The quantitative estimate of drug-likeness (QED) is 0.688. The molecule has 0 radical (unpaired) electrons. The number of hydrogen-bond acceptors (Lipinski definition) is 5. The fourth-order valence-corrected chi connectivity index (χ4v) is 4.81. The Bertz CT molecular complexity index is 1030. The van der Waals surface area contributed by atoms with E-state index in [2.05, 4.69) is 32.6 Å². The lowest BCUT2D eigenvalue weighted by Gasteiger charge is -2.41. The largest absolute Gasteiger partial charge is 0.372 e. The van der Waals surface area contributed by atoms with Crippen LogP contribution in [0.3, 0.4) is 0 Å². The van der Waals surface area contributed by atoms with E-state index in [1.54, 1.807) is 20.0 Å². The number of amides is 3. The van der Waals surface area contributed by atoms with Crippen molar-refractivity contribution in [3.63, 3.8) is 0 Å². The van der Waals surface area contributed by atoms with Crippen molar-refractivity contribution in [2.45, 2.75) is 25.8 Å².